The van der Waals surface area contributed by atoms with Gasteiger partial charge < -0.3 is 34.9 Å². The lowest BCUT2D eigenvalue weighted by atomic mass is 9.85. The maximum Gasteiger partial charge on any atom is 0.405 e. The number of ether oxygens (including phenoxy) is 3. The van der Waals surface area contributed by atoms with Crippen molar-refractivity contribution in [2.24, 2.45) is 17.8 Å². The van der Waals surface area contributed by atoms with Gasteiger partial charge in [0, 0.05) is 17.7 Å². The fourth-order valence-electron chi connectivity index (χ4n) is 7.71. The number of hydrogen-bond donors (Lipinski definition) is 4. The summed E-state index contributed by atoms with van der Waals surface area (Å²) in [7, 11) is -1.28. The van der Waals surface area contributed by atoms with Crippen molar-refractivity contribution < 1.29 is 51.3 Å². The molecule has 15 nitrogen and oxygen atoms in total. The molecule has 4 aliphatic rings. The van der Waals surface area contributed by atoms with Crippen LogP contribution in [0, 0.1) is 23.6 Å². The second kappa shape index (κ2) is 14.9. The van der Waals surface area contributed by atoms with Crippen molar-refractivity contribution in [3.05, 3.63) is 36.3 Å². The van der Waals surface area contributed by atoms with Gasteiger partial charge in [-0.05, 0) is 69.4 Å². The minimum absolute atomic E-state index is 0.00422. The molecule has 4 amide bonds. The number of rotatable bonds is 9. The number of nitrogens with one attached hydrogen (secondary N) is 3. The lowest BCUT2D eigenvalue weighted by Crippen LogP contribution is -2.59. The molecule has 0 unspecified atom stereocenters. The first-order valence-electron chi connectivity index (χ1n) is 18.3. The molecule has 0 radical (unpaired) electrons. The highest BCUT2D eigenvalue weighted by atomic mass is 32.2. The van der Waals surface area contributed by atoms with Crippen molar-refractivity contribution in [1.82, 2.24) is 25.2 Å². The van der Waals surface area contributed by atoms with Gasteiger partial charge >= 0.3 is 6.09 Å². The van der Waals surface area contributed by atoms with Gasteiger partial charge in [-0.25, -0.2) is 22.6 Å². The standard InChI is InChI=1S/C37H48FN5O10S/c1-6-21-13-20(2)9-7-8-10-22-17-37(22,34(46)42-54(49,50)36(3)11-12-36)41-31(44)27-14-23(19-43(27)33(45)30(21)40-35(47)48)53-32-25-15-26(38)28(51-4)16-24(25)29(52-5)18-39-32/h8,10,15-16,18,20-23,27,30,40H,6-7,9,11-14,17,19H2,1-5H3,(H,41,44)(H,42,46)(H,47,48)/t20-,21-,22-,23-,27+,30+,37-/m1/s1. The minimum atomic E-state index is -4.04. The van der Waals surface area contributed by atoms with Gasteiger partial charge in [0.15, 0.2) is 11.6 Å². The summed E-state index contributed by atoms with van der Waals surface area (Å²) in [6.45, 7) is 5.27. The fraction of sp³-hybridized carbons (Fsp3) is 0.595. The molecule has 3 heterocycles. The van der Waals surface area contributed by atoms with Crippen LogP contribution in [0.15, 0.2) is 30.5 Å². The number of allylic oxidation sites excluding steroid dienone is 1. The van der Waals surface area contributed by atoms with Crippen LogP contribution < -0.4 is 29.6 Å². The van der Waals surface area contributed by atoms with E-state index in [-0.39, 0.29) is 42.3 Å². The smallest absolute Gasteiger partial charge is 0.405 e. The lowest BCUT2D eigenvalue weighted by molar-refractivity contribution is -0.142. The Morgan fingerprint density at radius 3 is 2.50 bits per heavy atom. The van der Waals surface area contributed by atoms with E-state index >= 15 is 0 Å². The Morgan fingerprint density at radius 2 is 1.85 bits per heavy atom. The topological polar surface area (TPSA) is 203 Å². The summed E-state index contributed by atoms with van der Waals surface area (Å²) < 4.78 is 59.3. The highest BCUT2D eigenvalue weighted by molar-refractivity contribution is 7.91. The average molecular weight is 774 g/mol. The van der Waals surface area contributed by atoms with E-state index in [1.165, 1.54) is 37.4 Å². The Labute approximate surface area is 313 Å². The highest BCUT2D eigenvalue weighted by Crippen LogP contribution is 2.48. The first-order chi connectivity index (χ1) is 25.6. The van der Waals surface area contributed by atoms with Crippen LogP contribution in [0.1, 0.15) is 72.1 Å². The van der Waals surface area contributed by atoms with Crippen LogP contribution in [-0.4, -0.2) is 96.5 Å². The number of fused-ring (bicyclic) bond motifs is 3. The maximum absolute atomic E-state index is 15.0. The zero-order valence-electron chi connectivity index (χ0n) is 31.0. The van der Waals surface area contributed by atoms with E-state index in [1.807, 2.05) is 26.0 Å². The van der Waals surface area contributed by atoms with Crippen molar-refractivity contribution in [3.8, 4) is 17.4 Å². The van der Waals surface area contributed by atoms with E-state index in [1.54, 1.807) is 6.92 Å². The number of carbonyl (C=O) groups excluding carboxylic acids is 3. The third-order valence-corrected chi connectivity index (χ3v) is 13.6. The highest BCUT2D eigenvalue weighted by Gasteiger charge is 2.63. The molecule has 4 N–H and O–H groups in total. The second-order valence-electron chi connectivity index (χ2n) is 15.2. The number of hydrogen-bond acceptors (Lipinski definition) is 10. The molecule has 6 rings (SSSR count). The number of halogens is 1. The number of amides is 4. The van der Waals surface area contributed by atoms with E-state index in [9.17, 15) is 37.1 Å². The van der Waals surface area contributed by atoms with Crippen LogP contribution in [0.25, 0.3) is 10.8 Å². The molecule has 0 bridgehead atoms. The largest absolute Gasteiger partial charge is 0.494 e. The van der Waals surface area contributed by atoms with Crippen LogP contribution in [0.3, 0.4) is 0 Å². The Hall–Kier alpha value is -4.67. The summed E-state index contributed by atoms with van der Waals surface area (Å²) in [5.41, 5.74) is -1.60. The summed E-state index contributed by atoms with van der Waals surface area (Å²) in [5.74, 6) is -3.47. The number of benzene rings is 1. The maximum atomic E-state index is 15.0. The number of pyridine rings is 1. The molecule has 294 valence electrons. The van der Waals surface area contributed by atoms with E-state index in [0.29, 0.717) is 49.7 Å². The zero-order valence-corrected chi connectivity index (χ0v) is 31.8. The van der Waals surface area contributed by atoms with Gasteiger partial charge in [-0.2, -0.15) is 0 Å². The molecule has 1 aromatic heterocycles. The number of carboxylic acid groups (broad SMARTS) is 1. The summed E-state index contributed by atoms with van der Waals surface area (Å²) >= 11 is 0. The van der Waals surface area contributed by atoms with Crippen LogP contribution in [0.4, 0.5) is 9.18 Å². The Balaban J connectivity index is 1.37. The minimum Gasteiger partial charge on any atom is -0.494 e. The summed E-state index contributed by atoms with van der Waals surface area (Å²) in [6.07, 6.45) is 6.00. The summed E-state index contributed by atoms with van der Waals surface area (Å²) in [6, 6.07) is 0.164. The van der Waals surface area contributed by atoms with Crippen molar-refractivity contribution in [2.45, 2.75) is 101 Å². The molecule has 2 aliphatic heterocycles. The van der Waals surface area contributed by atoms with Gasteiger partial charge in [-0.3, -0.25) is 19.1 Å². The van der Waals surface area contributed by atoms with Gasteiger partial charge in [-0.15, -0.1) is 0 Å². The average Bonchev–Trinajstić information content (AvgIpc) is 4.01. The molecule has 2 saturated carbocycles. The number of sulfonamides is 1. The number of methoxy groups -OCH3 is 2. The van der Waals surface area contributed by atoms with E-state index in [2.05, 4.69) is 20.3 Å². The fourth-order valence-corrected chi connectivity index (χ4v) is 9.02. The second-order valence-corrected chi connectivity index (χ2v) is 17.4. The van der Waals surface area contributed by atoms with Crippen molar-refractivity contribution in [1.29, 1.82) is 0 Å². The summed E-state index contributed by atoms with van der Waals surface area (Å²) in [5, 5.41) is 15.8. The molecule has 1 saturated heterocycles. The first kappa shape index (κ1) is 39.0. The number of nitrogens with zero attached hydrogens (tertiary/aromatic N) is 2. The number of carbonyl (C=O) groups is 4. The Morgan fingerprint density at radius 1 is 1.13 bits per heavy atom. The zero-order chi connectivity index (χ0) is 39.2. The van der Waals surface area contributed by atoms with Crippen molar-refractivity contribution >= 4 is 44.6 Å². The normalized spacial score (nSPS) is 29.5. The molecule has 2 aliphatic carbocycles. The van der Waals surface area contributed by atoms with Gasteiger partial charge in [0.05, 0.1) is 37.1 Å². The Bertz CT molecular complexity index is 1970. The molecule has 2 aromatic rings. The summed E-state index contributed by atoms with van der Waals surface area (Å²) in [4.78, 5) is 60.5. The van der Waals surface area contributed by atoms with Gasteiger partial charge in [-0.1, -0.05) is 32.4 Å². The van der Waals surface area contributed by atoms with Gasteiger partial charge in [0.25, 0.3) is 5.91 Å². The van der Waals surface area contributed by atoms with Gasteiger partial charge in [0.2, 0.25) is 27.7 Å². The molecule has 3 fully saturated rings. The van der Waals surface area contributed by atoms with Crippen LogP contribution >= 0.6 is 0 Å². The molecule has 7 atom stereocenters. The SMILES string of the molecule is CC[C@@H]1C[C@H](C)CCC=C[C@@H]2C[C@@]2(C(=O)NS(=O)(=O)C2(C)CC2)NC(=O)[C@@H]2C[C@@H](Oc3ncc(OC)c4cc(OC)c(F)cc34)CN2C(=O)[C@H]1NC(=O)O. The lowest BCUT2D eigenvalue weighted by Gasteiger charge is -2.33. The van der Waals surface area contributed by atoms with Crippen LogP contribution in [0.2, 0.25) is 0 Å². The van der Waals surface area contributed by atoms with E-state index in [0.717, 1.165) is 0 Å². The number of aromatic nitrogens is 1. The van der Waals surface area contributed by atoms with Crippen LogP contribution in [0.5, 0.6) is 17.4 Å². The van der Waals surface area contributed by atoms with Crippen LogP contribution in [-0.2, 0) is 24.4 Å². The van der Waals surface area contributed by atoms with Crippen molar-refractivity contribution in [2.75, 3.05) is 20.8 Å². The van der Waals surface area contributed by atoms with E-state index in [4.69, 9.17) is 14.2 Å². The predicted octanol–water partition coefficient (Wildman–Crippen LogP) is 3.65. The predicted molar refractivity (Wildman–Crippen MR) is 194 cm³/mol. The molecular weight excluding hydrogens is 725 g/mol. The molecular formula is C37H48FN5O10S. The molecule has 54 heavy (non-hydrogen) atoms. The van der Waals surface area contributed by atoms with Gasteiger partial charge in [0.1, 0.15) is 29.5 Å². The van der Waals surface area contributed by atoms with Crippen molar-refractivity contribution in [3.63, 3.8) is 0 Å². The monoisotopic (exact) mass is 773 g/mol. The third-order valence-electron chi connectivity index (χ3n) is 11.5. The third kappa shape index (κ3) is 7.51. The van der Waals surface area contributed by atoms with E-state index < -0.39 is 80.0 Å². The first-order valence-corrected chi connectivity index (χ1v) is 19.8. The Kier molecular flexibility index (Phi) is 10.7. The molecule has 1 aromatic carbocycles. The quantitative estimate of drug-likeness (QED) is 0.271. The molecule has 17 heteroatoms. The molecule has 0 spiro atoms.